The van der Waals surface area contributed by atoms with Crippen LogP contribution in [0.2, 0.25) is 0 Å². The van der Waals surface area contributed by atoms with Crippen LogP contribution in [-0.4, -0.2) is 29.6 Å². The number of likely N-dealkylation sites (tertiary alicyclic amines) is 1. The van der Waals surface area contributed by atoms with E-state index in [-0.39, 0.29) is 0 Å². The number of nitrogens with two attached hydrogens (primary N) is 1. The molecule has 2 N–H and O–H groups in total. The number of rotatable bonds is 1. The predicted octanol–water partition coefficient (Wildman–Crippen LogP) is 2.62. The Labute approximate surface area is 101 Å². The number of nitrogens with zero attached hydrogens (tertiary/aromatic N) is 1. The van der Waals surface area contributed by atoms with Gasteiger partial charge in [0.1, 0.15) is 0 Å². The number of hydrogen-bond donors (Lipinski definition) is 1. The van der Waals surface area contributed by atoms with Crippen LogP contribution in [-0.2, 0) is 0 Å². The zero-order valence-electron chi connectivity index (χ0n) is 11.4. The van der Waals surface area contributed by atoms with Crippen LogP contribution in [0, 0.1) is 11.3 Å². The van der Waals surface area contributed by atoms with Crippen LogP contribution in [0.15, 0.2) is 0 Å². The number of hydrogen-bond acceptors (Lipinski definition) is 2. The van der Waals surface area contributed by atoms with Crippen LogP contribution in [0.1, 0.15) is 53.4 Å². The van der Waals surface area contributed by atoms with Crippen molar-refractivity contribution >= 4 is 0 Å². The molecule has 0 aromatic rings. The summed E-state index contributed by atoms with van der Waals surface area (Å²) in [4.78, 5) is 2.70. The van der Waals surface area contributed by atoms with E-state index >= 15 is 0 Å². The van der Waals surface area contributed by atoms with Gasteiger partial charge < -0.3 is 5.73 Å². The molecule has 0 bridgehead atoms. The highest BCUT2D eigenvalue weighted by atomic mass is 15.2. The second-order valence-electron chi connectivity index (χ2n) is 6.72. The molecule has 4 atom stereocenters. The van der Waals surface area contributed by atoms with Gasteiger partial charge in [-0.1, -0.05) is 20.8 Å². The van der Waals surface area contributed by atoms with Crippen molar-refractivity contribution < 1.29 is 0 Å². The third kappa shape index (κ3) is 2.02. The molecule has 0 radical (unpaired) electrons. The molecule has 0 spiro atoms. The summed E-state index contributed by atoms with van der Waals surface area (Å²) in [5.41, 5.74) is 6.79. The van der Waals surface area contributed by atoms with Crippen LogP contribution in [0.3, 0.4) is 0 Å². The van der Waals surface area contributed by atoms with Crippen LogP contribution in [0.5, 0.6) is 0 Å². The summed E-state index contributed by atoms with van der Waals surface area (Å²) in [6.45, 7) is 10.7. The summed E-state index contributed by atoms with van der Waals surface area (Å²) >= 11 is 0. The van der Waals surface area contributed by atoms with E-state index in [2.05, 4.69) is 32.6 Å². The fourth-order valence-electron chi connectivity index (χ4n) is 3.59. The molecule has 1 aliphatic carbocycles. The topological polar surface area (TPSA) is 29.3 Å². The van der Waals surface area contributed by atoms with Crippen molar-refractivity contribution in [1.29, 1.82) is 0 Å². The Hall–Kier alpha value is -0.0800. The van der Waals surface area contributed by atoms with Crippen molar-refractivity contribution in [3.63, 3.8) is 0 Å². The molecule has 1 heterocycles. The molecule has 2 aliphatic rings. The molecule has 0 aromatic carbocycles. The van der Waals surface area contributed by atoms with Gasteiger partial charge in [0.25, 0.3) is 0 Å². The summed E-state index contributed by atoms with van der Waals surface area (Å²) < 4.78 is 0. The molecule has 0 amide bonds. The first kappa shape index (κ1) is 12.4. The van der Waals surface area contributed by atoms with Crippen LogP contribution in [0.25, 0.3) is 0 Å². The highest BCUT2D eigenvalue weighted by Gasteiger charge is 2.44. The lowest BCUT2D eigenvalue weighted by molar-refractivity contribution is 0.0568. The average molecular weight is 224 g/mol. The van der Waals surface area contributed by atoms with Gasteiger partial charge in [0.2, 0.25) is 0 Å². The minimum atomic E-state index is 0.338. The summed E-state index contributed by atoms with van der Waals surface area (Å²) in [7, 11) is 0. The molecule has 4 unspecified atom stereocenters. The number of piperidine rings is 1. The summed E-state index contributed by atoms with van der Waals surface area (Å²) in [6.07, 6.45) is 5.33. The van der Waals surface area contributed by atoms with Crippen LogP contribution < -0.4 is 5.73 Å². The largest absolute Gasteiger partial charge is 0.326 e. The van der Waals surface area contributed by atoms with E-state index in [4.69, 9.17) is 5.73 Å². The van der Waals surface area contributed by atoms with Gasteiger partial charge in [-0.2, -0.15) is 0 Å². The van der Waals surface area contributed by atoms with E-state index in [1.54, 1.807) is 0 Å². The molecule has 1 aliphatic heterocycles. The van der Waals surface area contributed by atoms with E-state index in [0.29, 0.717) is 17.5 Å². The van der Waals surface area contributed by atoms with Crippen molar-refractivity contribution in [3.05, 3.63) is 0 Å². The van der Waals surface area contributed by atoms with Gasteiger partial charge >= 0.3 is 0 Å². The minimum absolute atomic E-state index is 0.338. The molecule has 16 heavy (non-hydrogen) atoms. The Bertz CT molecular complexity index is 249. The molecular weight excluding hydrogens is 196 g/mol. The van der Waals surface area contributed by atoms with Crippen LogP contribution in [0.4, 0.5) is 0 Å². The van der Waals surface area contributed by atoms with E-state index in [9.17, 15) is 0 Å². The Morgan fingerprint density at radius 2 is 1.88 bits per heavy atom. The SMILES string of the molecule is CC1CCCN(C2CCC(C)(C)C2N)C1C. The molecule has 1 saturated carbocycles. The standard InChI is InChI=1S/C14H28N2/c1-10-6-5-9-16(11(10)2)12-7-8-14(3,4)13(12)15/h10-13H,5-9,15H2,1-4H3. The molecule has 2 fully saturated rings. The van der Waals surface area contributed by atoms with Gasteiger partial charge in [-0.25, -0.2) is 0 Å². The lowest BCUT2D eigenvalue weighted by Crippen LogP contribution is -2.55. The zero-order valence-corrected chi connectivity index (χ0v) is 11.4. The first-order valence-corrected chi connectivity index (χ1v) is 6.95. The summed E-state index contributed by atoms with van der Waals surface area (Å²) in [5, 5.41) is 0. The molecule has 1 saturated heterocycles. The van der Waals surface area contributed by atoms with E-state index in [0.717, 1.165) is 12.0 Å². The fourth-order valence-corrected chi connectivity index (χ4v) is 3.59. The van der Waals surface area contributed by atoms with Gasteiger partial charge in [0, 0.05) is 18.1 Å². The molecule has 0 aromatic heterocycles. The highest BCUT2D eigenvalue weighted by molar-refractivity contribution is 5.01. The van der Waals surface area contributed by atoms with Gasteiger partial charge in [-0.15, -0.1) is 0 Å². The summed E-state index contributed by atoms with van der Waals surface area (Å²) in [6, 6.07) is 1.71. The Morgan fingerprint density at radius 3 is 2.44 bits per heavy atom. The zero-order chi connectivity index (χ0) is 11.9. The van der Waals surface area contributed by atoms with E-state index in [1.165, 1.54) is 32.2 Å². The monoisotopic (exact) mass is 224 g/mol. The highest BCUT2D eigenvalue weighted by Crippen LogP contribution is 2.40. The molecule has 94 valence electrons. The van der Waals surface area contributed by atoms with Crippen molar-refractivity contribution in [2.45, 2.75) is 71.5 Å². The quantitative estimate of drug-likeness (QED) is 0.742. The summed E-state index contributed by atoms with van der Waals surface area (Å²) in [5.74, 6) is 0.838. The first-order chi connectivity index (χ1) is 7.43. The normalized spacial score (nSPS) is 44.8. The van der Waals surface area contributed by atoms with Gasteiger partial charge in [-0.3, -0.25) is 4.90 Å². The van der Waals surface area contributed by atoms with Gasteiger partial charge in [0.05, 0.1) is 0 Å². The maximum Gasteiger partial charge on any atom is 0.0255 e. The van der Waals surface area contributed by atoms with Crippen molar-refractivity contribution in [3.8, 4) is 0 Å². The van der Waals surface area contributed by atoms with Crippen LogP contribution >= 0.6 is 0 Å². The second-order valence-corrected chi connectivity index (χ2v) is 6.72. The lowest BCUT2D eigenvalue weighted by atomic mass is 9.85. The van der Waals surface area contributed by atoms with Crippen molar-refractivity contribution in [2.24, 2.45) is 17.1 Å². The van der Waals surface area contributed by atoms with E-state index < -0.39 is 0 Å². The maximum absolute atomic E-state index is 6.45. The maximum atomic E-state index is 6.45. The third-order valence-electron chi connectivity index (χ3n) is 5.25. The Balaban J connectivity index is 2.08. The molecule has 2 rings (SSSR count). The smallest absolute Gasteiger partial charge is 0.0255 e. The minimum Gasteiger partial charge on any atom is -0.326 e. The molecular formula is C14H28N2. The third-order valence-corrected chi connectivity index (χ3v) is 5.25. The average Bonchev–Trinajstić information content (AvgIpc) is 2.48. The lowest BCUT2D eigenvalue weighted by Gasteiger charge is -2.44. The predicted molar refractivity (Wildman–Crippen MR) is 69.3 cm³/mol. The Kier molecular flexibility index (Phi) is 3.33. The fraction of sp³-hybridized carbons (Fsp3) is 1.00. The van der Waals surface area contributed by atoms with Crippen molar-refractivity contribution in [2.75, 3.05) is 6.54 Å². The second kappa shape index (κ2) is 4.30. The van der Waals surface area contributed by atoms with Gasteiger partial charge in [-0.05, 0) is 50.5 Å². The van der Waals surface area contributed by atoms with Gasteiger partial charge in [0.15, 0.2) is 0 Å². The molecule has 2 heteroatoms. The molecule has 2 nitrogen and oxygen atoms in total. The van der Waals surface area contributed by atoms with E-state index in [1.807, 2.05) is 0 Å². The first-order valence-electron chi connectivity index (χ1n) is 6.95. The Morgan fingerprint density at radius 1 is 1.19 bits per heavy atom. The van der Waals surface area contributed by atoms with Crippen molar-refractivity contribution in [1.82, 2.24) is 4.90 Å².